The van der Waals surface area contributed by atoms with E-state index in [9.17, 15) is 0 Å². The molecule has 0 aliphatic heterocycles. The first-order valence-electron chi connectivity index (χ1n) is 2.17. The van der Waals surface area contributed by atoms with E-state index in [2.05, 4.69) is 21.1 Å². The quantitative estimate of drug-likeness (QED) is 0.412. The van der Waals surface area contributed by atoms with Gasteiger partial charge in [-0.3, -0.25) is 0 Å². The van der Waals surface area contributed by atoms with Gasteiger partial charge in [-0.2, -0.15) is 0 Å². The Hall–Kier alpha value is 0.315. The first-order valence-corrected chi connectivity index (χ1v) is 2.92. The lowest BCUT2D eigenvalue weighted by atomic mass is 10.3. The van der Waals surface area contributed by atoms with Crippen molar-refractivity contribution >= 4 is 18.3 Å². The van der Waals surface area contributed by atoms with Gasteiger partial charge in [0.1, 0.15) is 0 Å². The number of hydrogen-bond acceptors (Lipinski definition) is 0. The summed E-state index contributed by atoms with van der Waals surface area (Å²) < 4.78 is 0.960. The van der Waals surface area contributed by atoms with Gasteiger partial charge in [-0.15, -0.1) is 0 Å². The Labute approximate surface area is 44.7 Å². The molecule has 1 nitrogen and oxygen atoms in total. The highest BCUT2D eigenvalue weighted by Gasteiger charge is 1.91. The largest absolute Gasteiger partial charge is 0.515 e. The molecule has 0 unspecified atom stereocenters. The average molecular weight is 107 g/mol. The highest BCUT2D eigenvalue weighted by Crippen LogP contribution is 1.85. The van der Waals surface area contributed by atoms with Crippen LogP contribution < -0.4 is 0 Å². The standard InChI is InChI=1S/C3H11BClN/c1-6(2,3)4-5/h4H2,1-3H3. The number of hydrogen-bond donors (Lipinski definition) is 0. The van der Waals surface area contributed by atoms with Crippen LogP contribution in [0.25, 0.3) is 0 Å². The van der Waals surface area contributed by atoms with Crippen LogP contribution in [0.15, 0.2) is 0 Å². The van der Waals surface area contributed by atoms with Crippen molar-refractivity contribution in [2.45, 2.75) is 0 Å². The van der Waals surface area contributed by atoms with Gasteiger partial charge in [0, 0.05) is 21.1 Å². The lowest BCUT2D eigenvalue weighted by Gasteiger charge is -2.29. The van der Waals surface area contributed by atoms with E-state index >= 15 is 0 Å². The molecule has 3 heteroatoms. The molecular weight excluding hydrogens is 96.3 g/mol. The monoisotopic (exact) mass is 107 g/mol. The molecule has 0 aromatic carbocycles. The summed E-state index contributed by atoms with van der Waals surface area (Å²) in [6.45, 7) is -0.236. The van der Waals surface area contributed by atoms with Gasteiger partial charge in [0.25, 0.3) is 6.83 Å². The zero-order chi connectivity index (χ0) is 5.21. The van der Waals surface area contributed by atoms with Crippen molar-refractivity contribution < 1.29 is 4.39 Å². The predicted octanol–water partition coefficient (Wildman–Crippen LogP) is -0.0698. The Kier molecular flexibility index (Phi) is 1.95. The summed E-state index contributed by atoms with van der Waals surface area (Å²) in [6.07, 6.45) is 0. The fraction of sp³-hybridized carbons (Fsp3) is 1.00. The van der Waals surface area contributed by atoms with E-state index in [1.807, 2.05) is 0 Å². The fourth-order valence-corrected chi connectivity index (χ4v) is 0. The van der Waals surface area contributed by atoms with E-state index in [1.54, 1.807) is 0 Å². The van der Waals surface area contributed by atoms with Crippen LogP contribution in [0.4, 0.5) is 0 Å². The molecule has 0 saturated heterocycles. The molecule has 0 amide bonds. The fourth-order valence-electron chi connectivity index (χ4n) is 0. The van der Waals surface area contributed by atoms with Gasteiger partial charge in [0.15, 0.2) is 0 Å². The Bertz CT molecular complexity index is 40.5. The van der Waals surface area contributed by atoms with Crippen molar-refractivity contribution in [2.24, 2.45) is 0 Å². The third-order valence-corrected chi connectivity index (χ3v) is 1.52. The van der Waals surface area contributed by atoms with E-state index < -0.39 is 0 Å². The van der Waals surface area contributed by atoms with Crippen LogP contribution >= 0.6 is 11.5 Å². The van der Waals surface area contributed by atoms with Crippen molar-refractivity contribution in [3.63, 3.8) is 0 Å². The summed E-state index contributed by atoms with van der Waals surface area (Å²) >= 11 is 5.57. The summed E-state index contributed by atoms with van der Waals surface area (Å²) in [4.78, 5) is 0. The van der Waals surface area contributed by atoms with Gasteiger partial charge >= 0.3 is 0 Å². The van der Waals surface area contributed by atoms with Gasteiger partial charge in [0.2, 0.25) is 0 Å². The van der Waals surface area contributed by atoms with Crippen molar-refractivity contribution in [3.8, 4) is 0 Å². The molecule has 0 fully saturated rings. The first kappa shape index (κ1) is 6.31. The highest BCUT2D eigenvalue weighted by atomic mass is 35.5. The molecule has 0 aromatic rings. The molecule has 38 valence electrons. The molecular formula is C3H11BClN. The van der Waals surface area contributed by atoms with E-state index in [0.717, 1.165) is 4.39 Å². The number of halogens is 1. The van der Waals surface area contributed by atoms with E-state index in [-0.39, 0.29) is 6.83 Å². The lowest BCUT2D eigenvalue weighted by molar-refractivity contribution is -0.752. The molecule has 0 aliphatic rings. The lowest BCUT2D eigenvalue weighted by Crippen LogP contribution is -2.35. The van der Waals surface area contributed by atoms with Crippen molar-refractivity contribution in [1.29, 1.82) is 0 Å². The highest BCUT2D eigenvalue weighted by molar-refractivity contribution is 6.89. The summed E-state index contributed by atoms with van der Waals surface area (Å²) in [6, 6.07) is 0. The third-order valence-electron chi connectivity index (χ3n) is 0.507. The molecule has 0 rings (SSSR count). The summed E-state index contributed by atoms with van der Waals surface area (Å²) in [5.41, 5.74) is 0. The predicted molar refractivity (Wildman–Crippen MR) is 32.4 cm³/mol. The second-order valence-corrected chi connectivity index (χ2v) is 3.19. The minimum atomic E-state index is -0.236. The second kappa shape index (κ2) is 1.85. The molecule has 0 heterocycles. The summed E-state index contributed by atoms with van der Waals surface area (Å²) in [5.74, 6) is 0. The molecule has 0 aliphatic carbocycles. The van der Waals surface area contributed by atoms with Crippen LogP contribution in [0, 0.1) is 0 Å². The third kappa shape index (κ3) is 4.31. The van der Waals surface area contributed by atoms with Crippen LogP contribution in [0.3, 0.4) is 0 Å². The van der Waals surface area contributed by atoms with Crippen molar-refractivity contribution in [2.75, 3.05) is 21.1 Å². The van der Waals surface area contributed by atoms with E-state index in [0.29, 0.717) is 0 Å². The molecule has 6 heavy (non-hydrogen) atoms. The molecule has 0 radical (unpaired) electrons. The summed E-state index contributed by atoms with van der Waals surface area (Å²) in [5, 5.41) is 0. The maximum atomic E-state index is 5.57. The van der Waals surface area contributed by atoms with Crippen LogP contribution in [0.5, 0.6) is 0 Å². The number of quaternary nitrogens is 1. The second-order valence-electron chi connectivity index (χ2n) is 2.85. The van der Waals surface area contributed by atoms with Gasteiger partial charge in [-0.25, -0.2) is 0 Å². The average Bonchev–Trinajstić information content (AvgIpc) is 1.35. The smallest absolute Gasteiger partial charge is 0.265 e. The van der Waals surface area contributed by atoms with Gasteiger partial charge < -0.3 is 15.9 Å². The molecule has 0 atom stereocenters. The van der Waals surface area contributed by atoms with Gasteiger partial charge in [0.05, 0.1) is 0 Å². The molecule has 0 N–H and O–H groups in total. The Morgan fingerprint density at radius 3 is 1.50 bits per heavy atom. The minimum Gasteiger partial charge on any atom is -0.515 e. The van der Waals surface area contributed by atoms with Gasteiger partial charge in [-0.05, 0) is 0 Å². The van der Waals surface area contributed by atoms with Gasteiger partial charge in [-0.1, -0.05) is 0 Å². The maximum absolute atomic E-state index is 5.57. The minimum absolute atomic E-state index is 0.236. The van der Waals surface area contributed by atoms with Crippen LogP contribution in [-0.4, -0.2) is 32.4 Å². The topological polar surface area (TPSA) is 0 Å². The SMILES string of the molecule is C[N+](C)(C)[BH2-]Cl. The molecule has 0 saturated carbocycles. The molecule has 0 spiro atoms. The van der Waals surface area contributed by atoms with Crippen molar-refractivity contribution in [3.05, 3.63) is 0 Å². The van der Waals surface area contributed by atoms with Crippen molar-refractivity contribution in [1.82, 2.24) is 0 Å². The zero-order valence-corrected chi connectivity index (χ0v) is 5.58. The summed E-state index contributed by atoms with van der Waals surface area (Å²) in [7, 11) is 6.31. The Morgan fingerprint density at radius 1 is 1.33 bits per heavy atom. The first-order chi connectivity index (χ1) is 2.56. The van der Waals surface area contributed by atoms with E-state index in [4.69, 9.17) is 11.5 Å². The van der Waals surface area contributed by atoms with Crippen LogP contribution in [0.2, 0.25) is 0 Å². The number of nitrogens with zero attached hydrogens (tertiary/aromatic N) is 1. The molecule has 0 aromatic heterocycles. The Morgan fingerprint density at radius 2 is 1.50 bits per heavy atom. The Balaban J connectivity index is 3.17. The number of rotatable bonds is 1. The zero-order valence-electron chi connectivity index (χ0n) is 4.83. The molecule has 0 bridgehead atoms. The normalized spacial score (nSPS) is 12.0. The van der Waals surface area contributed by atoms with Crippen LogP contribution in [0.1, 0.15) is 0 Å². The van der Waals surface area contributed by atoms with Crippen LogP contribution in [-0.2, 0) is 0 Å². The van der Waals surface area contributed by atoms with E-state index in [1.165, 1.54) is 0 Å². The maximum Gasteiger partial charge on any atom is 0.265 e.